The Balaban J connectivity index is 1.41. The number of aromatic nitrogens is 3. The summed E-state index contributed by atoms with van der Waals surface area (Å²) >= 11 is 3.03. The smallest absolute Gasteiger partial charge is 0.277 e. The minimum atomic E-state index is 0.127. The van der Waals surface area contributed by atoms with Gasteiger partial charge in [-0.05, 0) is 50.8 Å². The molecule has 8 heteroatoms. The van der Waals surface area contributed by atoms with Gasteiger partial charge in [0.05, 0.1) is 10.7 Å². The normalized spacial score (nSPS) is 14.4. The molecule has 6 nitrogen and oxygen atoms in total. The standard InChI is InChI=1S/C20H22N4O2S2/c1-13-17(28-14(2)21-13)18-22-23-20(26-18)27-12-15-7-6-8-16(11-15)19(25)24-9-4-3-5-10-24/h6-8,11H,3-5,9-10,12H2,1-2H3. The summed E-state index contributed by atoms with van der Waals surface area (Å²) in [5.74, 6) is 1.31. The van der Waals surface area contributed by atoms with Crippen molar-refractivity contribution in [2.45, 2.75) is 44.1 Å². The zero-order chi connectivity index (χ0) is 19.5. The SMILES string of the molecule is Cc1nc(C)c(-c2nnc(SCc3cccc(C(=O)N4CCCCC4)c3)o2)s1. The Morgan fingerprint density at radius 1 is 1.21 bits per heavy atom. The van der Waals surface area contributed by atoms with Crippen LogP contribution in [0.4, 0.5) is 0 Å². The van der Waals surface area contributed by atoms with Gasteiger partial charge in [-0.25, -0.2) is 4.98 Å². The van der Waals surface area contributed by atoms with Crippen LogP contribution < -0.4 is 0 Å². The van der Waals surface area contributed by atoms with E-state index in [2.05, 4.69) is 15.2 Å². The summed E-state index contributed by atoms with van der Waals surface area (Å²) in [7, 11) is 0. The van der Waals surface area contributed by atoms with Crippen LogP contribution in [0.1, 0.15) is 45.9 Å². The Morgan fingerprint density at radius 2 is 2.04 bits per heavy atom. The van der Waals surface area contributed by atoms with E-state index in [0.29, 0.717) is 16.9 Å². The highest BCUT2D eigenvalue weighted by Crippen LogP contribution is 2.31. The van der Waals surface area contributed by atoms with E-state index in [1.807, 2.05) is 43.0 Å². The predicted octanol–water partition coefficient (Wildman–Crippen LogP) is 4.73. The second kappa shape index (κ2) is 8.45. The number of nitrogens with zero attached hydrogens (tertiary/aromatic N) is 4. The second-order valence-corrected chi connectivity index (χ2v) is 8.99. The first-order chi connectivity index (χ1) is 13.6. The first kappa shape index (κ1) is 19.1. The first-order valence-electron chi connectivity index (χ1n) is 9.39. The van der Waals surface area contributed by atoms with Crippen LogP contribution >= 0.6 is 23.1 Å². The fourth-order valence-electron chi connectivity index (χ4n) is 3.31. The lowest BCUT2D eigenvalue weighted by molar-refractivity contribution is 0.0724. The molecule has 0 N–H and O–H groups in total. The molecule has 1 fully saturated rings. The molecule has 2 aromatic heterocycles. The number of carbonyl (C=O) groups is 1. The fourth-order valence-corrected chi connectivity index (χ4v) is 4.86. The number of aryl methyl sites for hydroxylation is 2. The molecule has 0 bridgehead atoms. The van der Waals surface area contributed by atoms with E-state index in [4.69, 9.17) is 4.42 Å². The Kier molecular flexibility index (Phi) is 5.77. The van der Waals surface area contributed by atoms with Crippen LogP contribution in [0.5, 0.6) is 0 Å². The number of carbonyl (C=O) groups excluding carboxylic acids is 1. The van der Waals surface area contributed by atoms with E-state index < -0.39 is 0 Å². The summed E-state index contributed by atoms with van der Waals surface area (Å²) in [6, 6.07) is 7.83. The summed E-state index contributed by atoms with van der Waals surface area (Å²) in [6.07, 6.45) is 3.41. The van der Waals surface area contributed by atoms with Gasteiger partial charge < -0.3 is 9.32 Å². The lowest BCUT2D eigenvalue weighted by Gasteiger charge is -2.26. The van der Waals surface area contributed by atoms with Crippen LogP contribution in [0.15, 0.2) is 33.9 Å². The summed E-state index contributed by atoms with van der Waals surface area (Å²) in [6.45, 7) is 5.63. The van der Waals surface area contributed by atoms with E-state index >= 15 is 0 Å². The van der Waals surface area contributed by atoms with Crippen molar-refractivity contribution in [2.24, 2.45) is 0 Å². The number of rotatable bonds is 5. The van der Waals surface area contributed by atoms with Crippen molar-refractivity contribution in [1.29, 1.82) is 0 Å². The Hall–Kier alpha value is -2.19. The summed E-state index contributed by atoms with van der Waals surface area (Å²) < 4.78 is 5.79. The number of likely N-dealkylation sites (tertiary alicyclic amines) is 1. The van der Waals surface area contributed by atoms with Gasteiger partial charge in [0.2, 0.25) is 0 Å². The highest BCUT2D eigenvalue weighted by Gasteiger charge is 2.19. The van der Waals surface area contributed by atoms with Crippen molar-refractivity contribution in [2.75, 3.05) is 13.1 Å². The highest BCUT2D eigenvalue weighted by atomic mass is 32.2. The van der Waals surface area contributed by atoms with Crippen LogP contribution in [0.25, 0.3) is 10.8 Å². The largest absolute Gasteiger partial charge is 0.410 e. The molecule has 0 saturated carbocycles. The number of amides is 1. The lowest BCUT2D eigenvalue weighted by atomic mass is 10.1. The molecule has 3 heterocycles. The monoisotopic (exact) mass is 414 g/mol. The first-order valence-corrected chi connectivity index (χ1v) is 11.2. The molecule has 1 aromatic carbocycles. The number of hydrogen-bond acceptors (Lipinski definition) is 7. The van der Waals surface area contributed by atoms with Crippen molar-refractivity contribution < 1.29 is 9.21 Å². The number of thioether (sulfide) groups is 1. The molecular formula is C20H22N4O2S2. The molecule has 0 atom stereocenters. The van der Waals surface area contributed by atoms with E-state index in [-0.39, 0.29) is 5.91 Å². The highest BCUT2D eigenvalue weighted by molar-refractivity contribution is 7.98. The Morgan fingerprint density at radius 3 is 2.79 bits per heavy atom. The van der Waals surface area contributed by atoms with Crippen LogP contribution in [0.2, 0.25) is 0 Å². The predicted molar refractivity (Wildman–Crippen MR) is 111 cm³/mol. The van der Waals surface area contributed by atoms with E-state index in [1.165, 1.54) is 18.2 Å². The van der Waals surface area contributed by atoms with Gasteiger partial charge in [-0.15, -0.1) is 21.5 Å². The molecule has 0 aliphatic carbocycles. The van der Waals surface area contributed by atoms with Gasteiger partial charge in [0, 0.05) is 24.4 Å². The van der Waals surface area contributed by atoms with Gasteiger partial charge in [-0.1, -0.05) is 23.9 Å². The number of piperidine rings is 1. The molecule has 0 spiro atoms. The molecule has 1 aliphatic heterocycles. The van der Waals surface area contributed by atoms with Crippen molar-refractivity contribution in [3.8, 4) is 10.8 Å². The molecule has 4 rings (SSSR count). The van der Waals surface area contributed by atoms with Crippen molar-refractivity contribution in [1.82, 2.24) is 20.1 Å². The molecule has 1 aliphatic rings. The summed E-state index contributed by atoms with van der Waals surface area (Å²) in [5.41, 5.74) is 2.73. The van der Waals surface area contributed by atoms with Crippen LogP contribution in [-0.4, -0.2) is 39.1 Å². The average Bonchev–Trinajstić information content (AvgIpc) is 3.32. The average molecular weight is 415 g/mol. The minimum absolute atomic E-state index is 0.127. The molecule has 146 valence electrons. The van der Waals surface area contributed by atoms with E-state index in [0.717, 1.165) is 52.6 Å². The molecule has 3 aromatic rings. The Bertz CT molecular complexity index is 976. The number of benzene rings is 1. The molecule has 28 heavy (non-hydrogen) atoms. The quantitative estimate of drug-likeness (QED) is 0.562. The topological polar surface area (TPSA) is 72.1 Å². The van der Waals surface area contributed by atoms with Crippen LogP contribution in [0, 0.1) is 13.8 Å². The van der Waals surface area contributed by atoms with Gasteiger partial charge in [-0.3, -0.25) is 4.79 Å². The van der Waals surface area contributed by atoms with Crippen molar-refractivity contribution in [3.63, 3.8) is 0 Å². The third kappa shape index (κ3) is 4.28. The summed E-state index contributed by atoms with van der Waals surface area (Å²) in [4.78, 5) is 20.0. The molecular weight excluding hydrogens is 392 g/mol. The Labute approximate surface area is 172 Å². The maximum absolute atomic E-state index is 12.7. The zero-order valence-corrected chi connectivity index (χ0v) is 17.6. The molecule has 0 unspecified atom stereocenters. The van der Waals surface area contributed by atoms with Gasteiger partial charge in [-0.2, -0.15) is 0 Å². The number of hydrogen-bond donors (Lipinski definition) is 0. The molecule has 1 amide bonds. The van der Waals surface area contributed by atoms with Crippen molar-refractivity contribution in [3.05, 3.63) is 46.1 Å². The van der Waals surface area contributed by atoms with Crippen LogP contribution in [-0.2, 0) is 5.75 Å². The fraction of sp³-hybridized carbons (Fsp3) is 0.400. The zero-order valence-electron chi connectivity index (χ0n) is 16.0. The lowest BCUT2D eigenvalue weighted by Crippen LogP contribution is -2.35. The number of thiazole rings is 1. The van der Waals surface area contributed by atoms with Gasteiger partial charge in [0.15, 0.2) is 0 Å². The van der Waals surface area contributed by atoms with E-state index in [1.54, 1.807) is 11.3 Å². The van der Waals surface area contributed by atoms with Gasteiger partial charge in [0.25, 0.3) is 17.0 Å². The van der Waals surface area contributed by atoms with Crippen molar-refractivity contribution >= 4 is 29.0 Å². The van der Waals surface area contributed by atoms with Gasteiger partial charge in [0.1, 0.15) is 4.88 Å². The second-order valence-electron chi connectivity index (χ2n) is 6.86. The third-order valence-corrected chi connectivity index (χ3v) is 6.63. The third-order valence-electron chi connectivity index (χ3n) is 4.68. The van der Waals surface area contributed by atoms with E-state index in [9.17, 15) is 4.79 Å². The maximum atomic E-state index is 12.7. The minimum Gasteiger partial charge on any atom is -0.410 e. The maximum Gasteiger partial charge on any atom is 0.277 e. The molecule has 0 radical (unpaired) electrons. The molecule has 1 saturated heterocycles. The van der Waals surface area contributed by atoms with Gasteiger partial charge >= 0.3 is 0 Å². The van der Waals surface area contributed by atoms with Crippen LogP contribution in [0.3, 0.4) is 0 Å². The summed E-state index contributed by atoms with van der Waals surface area (Å²) in [5, 5.41) is 9.79.